The van der Waals surface area contributed by atoms with Gasteiger partial charge in [0.1, 0.15) is 0 Å². The second-order valence-corrected chi connectivity index (χ2v) is 8.33. The molecule has 1 saturated heterocycles. The van der Waals surface area contributed by atoms with Gasteiger partial charge in [-0.25, -0.2) is 14.4 Å². The summed E-state index contributed by atoms with van der Waals surface area (Å²) in [6.45, 7) is 2.24. The number of amides is 1. The molecule has 2 fully saturated rings. The van der Waals surface area contributed by atoms with E-state index in [1.165, 1.54) is 12.3 Å². The van der Waals surface area contributed by atoms with Gasteiger partial charge < -0.3 is 10.2 Å². The minimum absolute atomic E-state index is 0.0993. The number of hydrogen-bond donors (Lipinski definition) is 1. The predicted molar refractivity (Wildman–Crippen MR) is 121 cm³/mol. The third kappa shape index (κ3) is 4.37. The number of fused-ring (bicyclic) bond motifs is 1. The van der Waals surface area contributed by atoms with Gasteiger partial charge in [-0.3, -0.25) is 9.78 Å². The molecule has 0 spiro atoms. The third-order valence-corrected chi connectivity index (χ3v) is 6.32. The molecule has 7 heteroatoms. The topological polar surface area (TPSA) is 71.0 Å². The fourth-order valence-corrected chi connectivity index (χ4v) is 4.62. The number of rotatable bonds is 7. The molecule has 0 radical (unpaired) electrons. The minimum Gasteiger partial charge on any atom is -0.353 e. The molecular weight excluding hydrogens is 405 g/mol. The van der Waals surface area contributed by atoms with Gasteiger partial charge in [-0.1, -0.05) is 36.4 Å². The van der Waals surface area contributed by atoms with E-state index in [1.54, 1.807) is 18.5 Å². The fourth-order valence-electron chi connectivity index (χ4n) is 4.62. The number of carbonyl (C=O) groups is 1. The van der Waals surface area contributed by atoms with Gasteiger partial charge in [0.2, 0.25) is 5.91 Å². The summed E-state index contributed by atoms with van der Waals surface area (Å²) >= 11 is 0. The van der Waals surface area contributed by atoms with Crippen LogP contribution in [0, 0.1) is 23.6 Å². The van der Waals surface area contributed by atoms with Crippen LogP contribution in [0.5, 0.6) is 0 Å². The van der Waals surface area contributed by atoms with Crippen molar-refractivity contribution >= 4 is 17.8 Å². The monoisotopic (exact) mass is 429 g/mol. The molecule has 2 unspecified atom stereocenters. The minimum atomic E-state index is -0.379. The first kappa shape index (κ1) is 20.3. The van der Waals surface area contributed by atoms with E-state index in [9.17, 15) is 9.18 Å². The first-order chi connectivity index (χ1) is 15.7. The summed E-state index contributed by atoms with van der Waals surface area (Å²) in [7, 11) is 0. The van der Waals surface area contributed by atoms with Crippen molar-refractivity contribution < 1.29 is 9.18 Å². The van der Waals surface area contributed by atoms with Gasteiger partial charge in [-0.05, 0) is 41.9 Å². The van der Waals surface area contributed by atoms with Crippen LogP contribution in [-0.2, 0) is 4.79 Å². The van der Waals surface area contributed by atoms with Gasteiger partial charge in [0.15, 0.2) is 17.5 Å². The van der Waals surface area contributed by atoms with Gasteiger partial charge in [0.25, 0.3) is 0 Å². The lowest BCUT2D eigenvalue weighted by molar-refractivity contribution is -0.116. The first-order valence-electron chi connectivity index (χ1n) is 10.9. The summed E-state index contributed by atoms with van der Waals surface area (Å²) in [5.41, 5.74) is 1.77. The van der Waals surface area contributed by atoms with E-state index in [0.29, 0.717) is 35.9 Å². The molecule has 1 aromatic carbocycles. The molecule has 2 aliphatic rings. The van der Waals surface area contributed by atoms with Gasteiger partial charge >= 0.3 is 0 Å². The largest absolute Gasteiger partial charge is 0.353 e. The molecule has 1 N–H and O–H groups in total. The Morgan fingerprint density at radius 1 is 1.12 bits per heavy atom. The van der Waals surface area contributed by atoms with Crippen molar-refractivity contribution in [2.24, 2.45) is 17.8 Å². The quantitative estimate of drug-likeness (QED) is 0.582. The Morgan fingerprint density at radius 2 is 1.94 bits per heavy atom. The van der Waals surface area contributed by atoms with Gasteiger partial charge in [-0.15, -0.1) is 0 Å². The van der Waals surface area contributed by atoms with E-state index in [1.807, 2.05) is 47.4 Å². The van der Waals surface area contributed by atoms with Crippen LogP contribution in [0.25, 0.3) is 17.5 Å². The summed E-state index contributed by atoms with van der Waals surface area (Å²) in [6, 6.07) is 13.4. The summed E-state index contributed by atoms with van der Waals surface area (Å²) in [5, 5.41) is 2.95. The number of anilines is 1. The van der Waals surface area contributed by atoms with Crippen LogP contribution in [0.15, 0.2) is 67.1 Å². The predicted octanol–water partition coefficient (Wildman–Crippen LogP) is 3.58. The van der Waals surface area contributed by atoms with Crippen LogP contribution in [-0.4, -0.2) is 40.5 Å². The van der Waals surface area contributed by atoms with Crippen molar-refractivity contribution in [3.05, 3.63) is 78.5 Å². The molecule has 1 amide bonds. The Hall–Kier alpha value is -3.61. The van der Waals surface area contributed by atoms with Crippen molar-refractivity contribution in [3.63, 3.8) is 0 Å². The van der Waals surface area contributed by atoms with E-state index in [4.69, 9.17) is 0 Å². The molecule has 2 aromatic heterocycles. The highest BCUT2D eigenvalue weighted by molar-refractivity contribution is 5.91. The third-order valence-electron chi connectivity index (χ3n) is 6.32. The highest BCUT2D eigenvalue weighted by Crippen LogP contribution is 2.54. The molecule has 2 atom stereocenters. The number of carbonyl (C=O) groups excluding carboxylic acids is 1. The van der Waals surface area contributed by atoms with Crippen molar-refractivity contribution in [1.82, 2.24) is 20.3 Å². The lowest BCUT2D eigenvalue weighted by atomic mass is 10.2. The zero-order valence-corrected chi connectivity index (χ0v) is 17.6. The number of hydrogen-bond acceptors (Lipinski definition) is 5. The number of piperidine rings is 1. The Bertz CT molecular complexity index is 1110. The summed E-state index contributed by atoms with van der Waals surface area (Å²) < 4.78 is 14.4. The van der Waals surface area contributed by atoms with E-state index < -0.39 is 0 Å². The Balaban J connectivity index is 1.11. The maximum Gasteiger partial charge on any atom is 0.244 e. The number of pyridine rings is 1. The Morgan fingerprint density at radius 3 is 2.69 bits per heavy atom. The van der Waals surface area contributed by atoms with Crippen LogP contribution in [0.3, 0.4) is 0 Å². The number of nitrogens with one attached hydrogen (secondary N) is 1. The van der Waals surface area contributed by atoms with Crippen LogP contribution in [0.4, 0.5) is 10.2 Å². The van der Waals surface area contributed by atoms with E-state index >= 15 is 0 Å². The summed E-state index contributed by atoms with van der Waals surface area (Å²) in [4.78, 5) is 26.7. The average molecular weight is 429 g/mol. The van der Waals surface area contributed by atoms with Crippen molar-refractivity contribution in [2.75, 3.05) is 24.5 Å². The van der Waals surface area contributed by atoms with Crippen LogP contribution < -0.4 is 10.2 Å². The second-order valence-electron chi connectivity index (χ2n) is 8.33. The zero-order chi connectivity index (χ0) is 21.9. The molecule has 1 saturated carbocycles. The van der Waals surface area contributed by atoms with Crippen molar-refractivity contribution in [3.8, 4) is 11.4 Å². The van der Waals surface area contributed by atoms with E-state index in [2.05, 4.69) is 20.3 Å². The molecule has 162 valence electrons. The average Bonchev–Trinajstić information content (AvgIpc) is 3.27. The maximum atomic E-state index is 14.4. The molecule has 5 rings (SSSR count). The molecule has 1 aliphatic carbocycles. The lowest BCUT2D eigenvalue weighted by Crippen LogP contribution is -2.28. The molecule has 3 heterocycles. The number of nitrogens with zero attached hydrogens (tertiary/aromatic N) is 4. The number of halogens is 1. The van der Waals surface area contributed by atoms with Crippen LogP contribution >= 0.6 is 0 Å². The molecule has 32 heavy (non-hydrogen) atoms. The zero-order valence-electron chi connectivity index (χ0n) is 17.6. The van der Waals surface area contributed by atoms with Gasteiger partial charge in [0, 0.05) is 43.7 Å². The Labute approximate surface area is 186 Å². The van der Waals surface area contributed by atoms with Crippen molar-refractivity contribution in [2.45, 2.75) is 6.42 Å². The van der Waals surface area contributed by atoms with Crippen LogP contribution in [0.2, 0.25) is 0 Å². The maximum absolute atomic E-state index is 14.4. The van der Waals surface area contributed by atoms with Crippen molar-refractivity contribution in [1.29, 1.82) is 0 Å². The van der Waals surface area contributed by atoms with Gasteiger partial charge in [-0.2, -0.15) is 0 Å². The highest BCUT2D eigenvalue weighted by atomic mass is 19.1. The number of benzene rings is 1. The lowest BCUT2D eigenvalue weighted by Gasteiger charge is -2.21. The van der Waals surface area contributed by atoms with Gasteiger partial charge in [0.05, 0.1) is 6.20 Å². The standard InChI is InChI=1S/C25H24FN5O/c26-22-14-29-24(18-6-2-1-3-7-18)30-25(22)31-15-20-19(21(20)16-31)10-12-28-23(32)9-8-17-5-4-11-27-13-17/h1-9,11,13-14,19-21H,10,12,15-16H2,(H,28,32)/b9-8+. The first-order valence-corrected chi connectivity index (χ1v) is 10.9. The molecule has 6 nitrogen and oxygen atoms in total. The highest BCUT2D eigenvalue weighted by Gasteiger charge is 2.55. The molecule has 1 aliphatic heterocycles. The number of aromatic nitrogens is 3. The second kappa shape index (κ2) is 8.86. The molecule has 0 bridgehead atoms. The van der Waals surface area contributed by atoms with E-state index in [-0.39, 0.29) is 11.7 Å². The molecular formula is C25H24FN5O. The van der Waals surface area contributed by atoms with Crippen LogP contribution in [0.1, 0.15) is 12.0 Å². The Kier molecular flexibility index (Phi) is 5.62. The van der Waals surface area contributed by atoms with E-state index in [0.717, 1.165) is 30.6 Å². The normalized spacial score (nSPS) is 21.5. The SMILES string of the molecule is O=C(/C=C/c1cccnc1)NCCC1C2CN(c3nc(-c4ccccc4)ncc3F)CC12. The smallest absolute Gasteiger partial charge is 0.244 e. The summed E-state index contributed by atoms with van der Waals surface area (Å²) in [5.74, 6) is 2.10. The molecule has 3 aromatic rings. The fraction of sp³-hybridized carbons (Fsp3) is 0.280. The summed E-state index contributed by atoms with van der Waals surface area (Å²) in [6.07, 6.45) is 8.91.